The Morgan fingerprint density at radius 2 is 2.07 bits per heavy atom. The van der Waals surface area contributed by atoms with Gasteiger partial charge in [-0.2, -0.15) is 5.10 Å². The molecule has 1 aliphatic carbocycles. The quantitative estimate of drug-likeness (QED) is 0.653. The maximum Gasteiger partial charge on any atom is 0.357 e. The molecule has 0 amide bonds. The standard InChI is InChI=1S/C9H10N2O3/c12-6-4-2-1-3-5-7(6)8(9(13)14)11-10-5/h1-4H2,(H,10,11)(H,13,14). The maximum absolute atomic E-state index is 11.6. The smallest absolute Gasteiger partial charge is 0.357 e. The Bertz CT molecular complexity index is 395. The van der Waals surface area contributed by atoms with Crippen LogP contribution in [0.4, 0.5) is 0 Å². The second-order valence-corrected chi connectivity index (χ2v) is 3.36. The van der Waals surface area contributed by atoms with Gasteiger partial charge in [-0.15, -0.1) is 0 Å². The van der Waals surface area contributed by atoms with E-state index in [1.807, 2.05) is 0 Å². The summed E-state index contributed by atoms with van der Waals surface area (Å²) in [5.41, 5.74) is 0.826. The number of hydrogen-bond donors (Lipinski definition) is 2. The van der Waals surface area contributed by atoms with E-state index in [1.165, 1.54) is 0 Å². The van der Waals surface area contributed by atoms with Gasteiger partial charge in [0.15, 0.2) is 11.5 Å². The van der Waals surface area contributed by atoms with Crippen LogP contribution in [0.2, 0.25) is 0 Å². The number of aryl methyl sites for hydroxylation is 1. The minimum absolute atomic E-state index is 0.108. The highest BCUT2D eigenvalue weighted by atomic mass is 16.4. The molecule has 0 radical (unpaired) electrons. The summed E-state index contributed by atoms with van der Waals surface area (Å²) in [7, 11) is 0. The maximum atomic E-state index is 11.6. The fourth-order valence-electron chi connectivity index (χ4n) is 1.73. The van der Waals surface area contributed by atoms with Crippen LogP contribution >= 0.6 is 0 Å². The normalized spacial score (nSPS) is 16.1. The van der Waals surface area contributed by atoms with Crippen molar-refractivity contribution in [2.75, 3.05) is 0 Å². The number of aromatic nitrogens is 2. The van der Waals surface area contributed by atoms with Gasteiger partial charge in [0.25, 0.3) is 0 Å². The Morgan fingerprint density at radius 3 is 2.79 bits per heavy atom. The van der Waals surface area contributed by atoms with Crippen LogP contribution in [0.5, 0.6) is 0 Å². The van der Waals surface area contributed by atoms with E-state index in [9.17, 15) is 9.59 Å². The molecule has 0 bridgehead atoms. The van der Waals surface area contributed by atoms with Crippen molar-refractivity contribution in [1.29, 1.82) is 0 Å². The average Bonchev–Trinajstić information content (AvgIpc) is 2.48. The number of H-pyrrole nitrogens is 1. The third kappa shape index (κ3) is 1.30. The van der Waals surface area contributed by atoms with E-state index in [4.69, 9.17) is 5.11 Å². The molecule has 1 aromatic rings. The first-order valence-corrected chi connectivity index (χ1v) is 4.54. The minimum Gasteiger partial charge on any atom is -0.476 e. The van der Waals surface area contributed by atoms with Gasteiger partial charge in [0.05, 0.1) is 5.56 Å². The van der Waals surface area contributed by atoms with E-state index >= 15 is 0 Å². The second-order valence-electron chi connectivity index (χ2n) is 3.36. The van der Waals surface area contributed by atoms with Crippen LogP contribution in [-0.2, 0) is 6.42 Å². The van der Waals surface area contributed by atoms with Gasteiger partial charge >= 0.3 is 5.97 Å². The van der Waals surface area contributed by atoms with E-state index in [0.717, 1.165) is 12.8 Å². The van der Waals surface area contributed by atoms with Gasteiger partial charge in [0.2, 0.25) is 0 Å². The predicted octanol–water partition coefficient (Wildman–Crippen LogP) is 1.02. The van der Waals surface area contributed by atoms with Gasteiger partial charge in [-0.05, 0) is 19.3 Å². The van der Waals surface area contributed by atoms with Crippen LogP contribution in [0, 0.1) is 0 Å². The monoisotopic (exact) mass is 194 g/mol. The van der Waals surface area contributed by atoms with Crippen molar-refractivity contribution in [3.05, 3.63) is 17.0 Å². The lowest BCUT2D eigenvalue weighted by atomic mass is 10.1. The number of rotatable bonds is 1. The molecule has 0 unspecified atom stereocenters. The first-order chi connectivity index (χ1) is 6.70. The third-order valence-electron chi connectivity index (χ3n) is 2.40. The minimum atomic E-state index is -1.14. The van der Waals surface area contributed by atoms with Crippen LogP contribution in [0.1, 0.15) is 45.8 Å². The molecule has 0 fully saturated rings. The zero-order valence-corrected chi connectivity index (χ0v) is 7.54. The van der Waals surface area contributed by atoms with E-state index in [2.05, 4.69) is 10.2 Å². The lowest BCUT2D eigenvalue weighted by Gasteiger charge is -1.95. The van der Waals surface area contributed by atoms with Crippen LogP contribution < -0.4 is 0 Å². The number of nitrogens with one attached hydrogen (secondary N) is 1. The molecule has 5 heteroatoms. The molecule has 74 valence electrons. The van der Waals surface area contributed by atoms with Crippen LogP contribution in [0.25, 0.3) is 0 Å². The Kier molecular flexibility index (Phi) is 2.07. The number of carboxylic acids is 1. The summed E-state index contributed by atoms with van der Waals surface area (Å²) in [6.07, 6.45) is 2.86. The Balaban J connectivity index is 2.52. The van der Waals surface area contributed by atoms with Gasteiger partial charge in [0.1, 0.15) is 0 Å². The van der Waals surface area contributed by atoms with Gasteiger partial charge in [-0.3, -0.25) is 9.89 Å². The fraction of sp³-hybridized carbons (Fsp3) is 0.444. The Labute approximate surface area is 80.1 Å². The van der Waals surface area contributed by atoms with Crippen LogP contribution in [0.3, 0.4) is 0 Å². The Hall–Kier alpha value is -1.65. The fourth-order valence-corrected chi connectivity index (χ4v) is 1.73. The van der Waals surface area contributed by atoms with Crippen molar-refractivity contribution in [3.63, 3.8) is 0 Å². The molecular formula is C9H10N2O3. The number of hydrogen-bond acceptors (Lipinski definition) is 3. The number of aromatic amines is 1. The lowest BCUT2D eigenvalue weighted by Crippen LogP contribution is -2.07. The topological polar surface area (TPSA) is 83.0 Å². The molecular weight excluding hydrogens is 184 g/mol. The summed E-state index contributed by atoms with van der Waals surface area (Å²) in [5.74, 6) is -1.25. The molecule has 2 N–H and O–H groups in total. The molecule has 1 heterocycles. The van der Waals surface area contributed by atoms with Crippen molar-refractivity contribution >= 4 is 11.8 Å². The van der Waals surface area contributed by atoms with E-state index in [-0.39, 0.29) is 17.0 Å². The first-order valence-electron chi connectivity index (χ1n) is 4.54. The molecule has 0 atom stereocenters. The summed E-state index contributed by atoms with van der Waals surface area (Å²) < 4.78 is 0. The molecule has 2 rings (SSSR count). The number of carbonyl (C=O) groups excluding carboxylic acids is 1. The van der Waals surface area contributed by atoms with Gasteiger partial charge in [-0.1, -0.05) is 0 Å². The third-order valence-corrected chi connectivity index (χ3v) is 2.40. The molecule has 0 aromatic carbocycles. The number of aromatic carboxylic acids is 1. The number of ketones is 1. The van der Waals surface area contributed by atoms with E-state index in [0.29, 0.717) is 18.5 Å². The molecule has 0 spiro atoms. The number of carboxylic acid groups (broad SMARTS) is 1. The number of nitrogens with zero attached hydrogens (tertiary/aromatic N) is 1. The number of Topliss-reactive ketones (excluding diaryl/α,β-unsaturated/α-hetero) is 1. The summed E-state index contributed by atoms with van der Waals surface area (Å²) >= 11 is 0. The summed E-state index contributed by atoms with van der Waals surface area (Å²) in [6, 6.07) is 0. The number of fused-ring (bicyclic) bond motifs is 1. The average molecular weight is 194 g/mol. The molecule has 14 heavy (non-hydrogen) atoms. The molecule has 0 saturated heterocycles. The summed E-state index contributed by atoms with van der Waals surface area (Å²) in [4.78, 5) is 22.3. The van der Waals surface area contributed by atoms with E-state index in [1.54, 1.807) is 0 Å². The van der Waals surface area contributed by atoms with Crippen molar-refractivity contribution in [1.82, 2.24) is 10.2 Å². The van der Waals surface area contributed by atoms with Crippen LogP contribution in [-0.4, -0.2) is 27.1 Å². The zero-order valence-electron chi connectivity index (χ0n) is 7.54. The van der Waals surface area contributed by atoms with Gasteiger partial charge in [-0.25, -0.2) is 4.79 Å². The molecule has 5 nitrogen and oxygen atoms in total. The highest BCUT2D eigenvalue weighted by molar-refractivity contribution is 6.05. The van der Waals surface area contributed by atoms with Crippen molar-refractivity contribution in [2.24, 2.45) is 0 Å². The van der Waals surface area contributed by atoms with E-state index < -0.39 is 5.97 Å². The van der Waals surface area contributed by atoms with Crippen molar-refractivity contribution in [3.8, 4) is 0 Å². The Morgan fingerprint density at radius 1 is 1.36 bits per heavy atom. The first kappa shape index (κ1) is 8.93. The highest BCUT2D eigenvalue weighted by Gasteiger charge is 2.25. The second kappa shape index (κ2) is 3.25. The molecule has 1 aliphatic rings. The van der Waals surface area contributed by atoms with Crippen molar-refractivity contribution < 1.29 is 14.7 Å². The summed E-state index contributed by atoms with van der Waals surface area (Å²) in [6.45, 7) is 0. The van der Waals surface area contributed by atoms with Gasteiger partial charge < -0.3 is 5.11 Å². The SMILES string of the molecule is O=C(O)c1n[nH]c2c1C(=O)CCCC2. The largest absolute Gasteiger partial charge is 0.476 e. The van der Waals surface area contributed by atoms with Crippen LogP contribution in [0.15, 0.2) is 0 Å². The highest BCUT2D eigenvalue weighted by Crippen LogP contribution is 2.21. The zero-order chi connectivity index (χ0) is 10.1. The lowest BCUT2D eigenvalue weighted by molar-refractivity contribution is 0.0685. The van der Waals surface area contributed by atoms with Gasteiger partial charge in [0, 0.05) is 12.1 Å². The predicted molar refractivity (Wildman–Crippen MR) is 47.4 cm³/mol. The van der Waals surface area contributed by atoms with Crippen molar-refractivity contribution in [2.45, 2.75) is 25.7 Å². The molecule has 0 saturated carbocycles. The molecule has 0 aliphatic heterocycles. The number of carbonyl (C=O) groups is 2. The summed E-state index contributed by atoms with van der Waals surface area (Å²) in [5, 5.41) is 15.1. The molecule has 1 aromatic heterocycles.